The van der Waals surface area contributed by atoms with E-state index in [4.69, 9.17) is 0 Å². The fourth-order valence-electron chi connectivity index (χ4n) is 2.16. The summed E-state index contributed by atoms with van der Waals surface area (Å²) in [5.74, 6) is -0.344. The molecule has 2 aromatic carbocycles. The fourth-order valence-corrected chi connectivity index (χ4v) is 2.16. The molecule has 0 aliphatic rings. The lowest BCUT2D eigenvalue weighted by molar-refractivity contribution is 0.102. The Balaban J connectivity index is 1.85. The third-order valence-corrected chi connectivity index (χ3v) is 3.50. The van der Waals surface area contributed by atoms with Gasteiger partial charge in [-0.05, 0) is 43.7 Å². The number of carbonyl (C=O) groups excluding carboxylic acids is 1. The van der Waals surface area contributed by atoms with Crippen LogP contribution in [0.1, 0.15) is 21.6 Å². The predicted octanol–water partition coefficient (Wildman–Crippen LogP) is 4.76. The molecule has 0 spiro atoms. The zero-order chi connectivity index (χ0) is 17.6. The monoisotopic (exact) mass is 331 g/mol. The number of amides is 1. The minimum absolute atomic E-state index is 0.240. The van der Waals surface area contributed by atoms with E-state index in [9.17, 15) is 4.79 Å². The van der Waals surface area contributed by atoms with Crippen LogP contribution >= 0.6 is 0 Å². The summed E-state index contributed by atoms with van der Waals surface area (Å²) >= 11 is 0. The zero-order valence-corrected chi connectivity index (χ0v) is 14.0. The van der Waals surface area contributed by atoms with E-state index in [1.807, 2.05) is 50.2 Å². The summed E-state index contributed by atoms with van der Waals surface area (Å²) < 4.78 is 0. The van der Waals surface area contributed by atoms with E-state index in [2.05, 4.69) is 25.5 Å². The Morgan fingerprint density at radius 2 is 1.72 bits per heavy atom. The molecule has 0 unspecified atom stereocenters. The van der Waals surface area contributed by atoms with E-state index in [0.29, 0.717) is 11.4 Å². The van der Waals surface area contributed by atoms with Crippen molar-refractivity contribution in [2.45, 2.75) is 13.8 Å². The minimum Gasteiger partial charge on any atom is -0.319 e. The molecule has 1 amide bonds. The number of aromatic nitrogens is 2. The number of hydrogen-bond donors (Lipinski definition) is 1. The van der Waals surface area contributed by atoms with Crippen LogP contribution in [0.2, 0.25) is 0 Å². The quantitative estimate of drug-likeness (QED) is 0.700. The van der Waals surface area contributed by atoms with Crippen molar-refractivity contribution in [3.63, 3.8) is 0 Å². The Hall–Kier alpha value is -3.41. The molecule has 25 heavy (non-hydrogen) atoms. The van der Waals surface area contributed by atoms with Gasteiger partial charge in [0.2, 0.25) is 0 Å². The molecular weight excluding hydrogens is 314 g/mol. The molecule has 0 atom stereocenters. The first-order chi connectivity index (χ1) is 12.1. The number of carbonyl (C=O) groups is 1. The summed E-state index contributed by atoms with van der Waals surface area (Å²) in [6, 6.07) is 13.3. The van der Waals surface area contributed by atoms with Crippen LogP contribution in [-0.2, 0) is 0 Å². The average molecular weight is 331 g/mol. The summed E-state index contributed by atoms with van der Waals surface area (Å²) in [5, 5.41) is 11.3. The minimum atomic E-state index is -0.344. The standard InChI is InChI=1S/C19H17N5O/c1-13-3-6-15(7-4-13)23-24-17-11-14(2)5-8-16(17)22-19(25)18-12-20-9-10-21-18/h3-12H,1-2H3,(H,22,25). The van der Waals surface area contributed by atoms with Gasteiger partial charge in [0.1, 0.15) is 11.4 Å². The van der Waals surface area contributed by atoms with Crippen LogP contribution in [0.25, 0.3) is 0 Å². The van der Waals surface area contributed by atoms with Gasteiger partial charge in [-0.25, -0.2) is 4.98 Å². The summed E-state index contributed by atoms with van der Waals surface area (Å²) in [5.41, 5.74) is 4.32. The topological polar surface area (TPSA) is 79.6 Å². The first kappa shape index (κ1) is 16.4. The van der Waals surface area contributed by atoms with E-state index < -0.39 is 0 Å². The maximum atomic E-state index is 12.3. The van der Waals surface area contributed by atoms with Crippen molar-refractivity contribution in [3.05, 3.63) is 77.9 Å². The van der Waals surface area contributed by atoms with Gasteiger partial charge >= 0.3 is 0 Å². The van der Waals surface area contributed by atoms with Crippen LogP contribution < -0.4 is 5.32 Å². The zero-order valence-electron chi connectivity index (χ0n) is 14.0. The molecule has 124 valence electrons. The summed E-state index contributed by atoms with van der Waals surface area (Å²) in [6.45, 7) is 3.97. The highest BCUT2D eigenvalue weighted by Gasteiger charge is 2.10. The third-order valence-electron chi connectivity index (χ3n) is 3.50. The van der Waals surface area contributed by atoms with Crippen molar-refractivity contribution in [3.8, 4) is 0 Å². The first-order valence-electron chi connectivity index (χ1n) is 7.78. The van der Waals surface area contributed by atoms with Gasteiger partial charge in [-0.15, -0.1) is 5.11 Å². The van der Waals surface area contributed by atoms with Gasteiger partial charge in [0.15, 0.2) is 0 Å². The van der Waals surface area contributed by atoms with E-state index in [0.717, 1.165) is 16.8 Å². The lowest BCUT2D eigenvalue weighted by Crippen LogP contribution is -2.13. The molecule has 1 heterocycles. The fraction of sp³-hybridized carbons (Fsp3) is 0.105. The van der Waals surface area contributed by atoms with Gasteiger partial charge < -0.3 is 5.32 Å². The molecule has 0 aliphatic heterocycles. The molecule has 0 bridgehead atoms. The van der Waals surface area contributed by atoms with Crippen molar-refractivity contribution < 1.29 is 4.79 Å². The highest BCUT2D eigenvalue weighted by atomic mass is 16.1. The van der Waals surface area contributed by atoms with Gasteiger partial charge in [-0.1, -0.05) is 23.8 Å². The number of nitrogens with one attached hydrogen (secondary N) is 1. The lowest BCUT2D eigenvalue weighted by atomic mass is 10.2. The van der Waals surface area contributed by atoms with E-state index >= 15 is 0 Å². The maximum absolute atomic E-state index is 12.3. The predicted molar refractivity (Wildman–Crippen MR) is 96.5 cm³/mol. The Morgan fingerprint density at radius 1 is 0.960 bits per heavy atom. The Bertz CT molecular complexity index is 905. The lowest BCUT2D eigenvalue weighted by Gasteiger charge is -2.08. The first-order valence-corrected chi connectivity index (χ1v) is 7.78. The van der Waals surface area contributed by atoms with Crippen LogP contribution in [0.5, 0.6) is 0 Å². The molecule has 3 aromatic rings. The van der Waals surface area contributed by atoms with Crippen molar-refractivity contribution in [1.82, 2.24) is 9.97 Å². The Labute approximate surface area is 145 Å². The van der Waals surface area contributed by atoms with Gasteiger partial charge in [0, 0.05) is 12.4 Å². The normalized spacial score (nSPS) is 10.8. The van der Waals surface area contributed by atoms with Crippen LogP contribution in [0, 0.1) is 13.8 Å². The molecule has 1 N–H and O–H groups in total. The second-order valence-electron chi connectivity index (χ2n) is 5.60. The smallest absolute Gasteiger partial charge is 0.275 e. The van der Waals surface area contributed by atoms with E-state index in [-0.39, 0.29) is 11.6 Å². The molecule has 6 heteroatoms. The second kappa shape index (κ2) is 7.44. The van der Waals surface area contributed by atoms with E-state index in [1.54, 1.807) is 6.07 Å². The van der Waals surface area contributed by atoms with E-state index in [1.165, 1.54) is 18.6 Å². The molecule has 0 saturated carbocycles. The average Bonchev–Trinajstić information content (AvgIpc) is 2.64. The highest BCUT2D eigenvalue weighted by molar-refractivity contribution is 6.04. The summed E-state index contributed by atoms with van der Waals surface area (Å²) in [7, 11) is 0. The molecule has 3 rings (SSSR count). The molecule has 0 saturated heterocycles. The van der Waals surface area contributed by atoms with Crippen molar-refractivity contribution >= 4 is 23.0 Å². The number of benzene rings is 2. The second-order valence-corrected chi connectivity index (χ2v) is 5.60. The molecule has 0 fully saturated rings. The maximum Gasteiger partial charge on any atom is 0.275 e. The number of aryl methyl sites for hydroxylation is 2. The third kappa shape index (κ3) is 4.32. The Morgan fingerprint density at radius 3 is 2.44 bits per heavy atom. The highest BCUT2D eigenvalue weighted by Crippen LogP contribution is 2.28. The number of anilines is 1. The SMILES string of the molecule is Cc1ccc(N=Nc2cc(C)ccc2NC(=O)c2cnccn2)cc1. The molecule has 1 aromatic heterocycles. The van der Waals surface area contributed by atoms with Gasteiger partial charge in [-0.2, -0.15) is 5.11 Å². The largest absolute Gasteiger partial charge is 0.319 e. The van der Waals surface area contributed by atoms with Crippen molar-refractivity contribution in [1.29, 1.82) is 0 Å². The van der Waals surface area contributed by atoms with Crippen LogP contribution in [0.3, 0.4) is 0 Å². The van der Waals surface area contributed by atoms with Gasteiger partial charge in [0.05, 0.1) is 17.6 Å². The summed E-state index contributed by atoms with van der Waals surface area (Å²) in [4.78, 5) is 20.2. The number of azo groups is 1. The van der Waals surface area contributed by atoms with Crippen molar-refractivity contribution in [2.75, 3.05) is 5.32 Å². The molecule has 6 nitrogen and oxygen atoms in total. The van der Waals surface area contributed by atoms with Crippen molar-refractivity contribution in [2.24, 2.45) is 10.2 Å². The van der Waals surface area contributed by atoms with Crippen LogP contribution in [-0.4, -0.2) is 15.9 Å². The Kier molecular flexibility index (Phi) is 4.89. The molecule has 0 aliphatic carbocycles. The van der Waals surface area contributed by atoms with Crippen LogP contribution in [0.15, 0.2) is 71.3 Å². The van der Waals surface area contributed by atoms with Gasteiger partial charge in [-0.3, -0.25) is 9.78 Å². The van der Waals surface area contributed by atoms with Gasteiger partial charge in [0.25, 0.3) is 5.91 Å². The molecular formula is C19H17N5O. The molecule has 0 radical (unpaired) electrons. The summed E-state index contributed by atoms with van der Waals surface area (Å²) in [6.07, 6.45) is 4.41. The number of nitrogens with zero attached hydrogens (tertiary/aromatic N) is 4. The van der Waals surface area contributed by atoms with Crippen LogP contribution in [0.4, 0.5) is 17.1 Å². The number of hydrogen-bond acceptors (Lipinski definition) is 5. The number of rotatable bonds is 4.